The van der Waals surface area contributed by atoms with Gasteiger partial charge in [-0.2, -0.15) is 0 Å². The van der Waals surface area contributed by atoms with Crippen LogP contribution in [-0.4, -0.2) is 65.0 Å². The number of hydrogen-bond acceptors (Lipinski definition) is 4. The lowest BCUT2D eigenvalue weighted by molar-refractivity contribution is 0.0503. The third-order valence-electron chi connectivity index (χ3n) is 5.97. The summed E-state index contributed by atoms with van der Waals surface area (Å²) >= 11 is 0. The maximum absolute atomic E-state index is 5.84. The van der Waals surface area contributed by atoms with Crippen molar-refractivity contribution in [2.45, 2.75) is 25.2 Å². The van der Waals surface area contributed by atoms with Crippen LogP contribution in [0, 0.1) is 6.92 Å². The van der Waals surface area contributed by atoms with Gasteiger partial charge in [-0.25, -0.2) is 0 Å². The highest BCUT2D eigenvalue weighted by atomic mass is 127. The number of para-hydroxylation sites is 1. The van der Waals surface area contributed by atoms with Crippen molar-refractivity contribution in [3.63, 3.8) is 0 Å². The number of halogens is 1. The summed E-state index contributed by atoms with van der Waals surface area (Å²) in [5.41, 5.74) is 2.42. The second kappa shape index (κ2) is 12.9. The summed E-state index contributed by atoms with van der Waals surface area (Å²) in [6.07, 6.45) is 1.88. The summed E-state index contributed by atoms with van der Waals surface area (Å²) in [5, 5.41) is 3.61. The van der Waals surface area contributed by atoms with Crippen LogP contribution < -0.4 is 14.8 Å². The molecule has 3 rings (SSSR count). The van der Waals surface area contributed by atoms with E-state index in [4.69, 9.17) is 14.2 Å². The Balaban J connectivity index is 0.00000363. The molecule has 1 saturated heterocycles. The van der Waals surface area contributed by atoms with Crippen molar-refractivity contribution in [1.29, 1.82) is 0 Å². The van der Waals surface area contributed by atoms with Crippen LogP contribution in [0.15, 0.2) is 53.5 Å². The minimum absolute atomic E-state index is 0. The Labute approximate surface area is 209 Å². The fourth-order valence-electron chi connectivity index (χ4n) is 4.10. The van der Waals surface area contributed by atoms with E-state index in [0.717, 1.165) is 56.6 Å². The maximum atomic E-state index is 5.84. The molecule has 1 heterocycles. The second-order valence-corrected chi connectivity index (χ2v) is 8.08. The molecule has 0 atom stereocenters. The molecular formula is C25H36IN3O3. The first-order valence-corrected chi connectivity index (χ1v) is 10.9. The number of aryl methyl sites for hydroxylation is 1. The zero-order valence-corrected chi connectivity index (χ0v) is 21.9. The van der Waals surface area contributed by atoms with Crippen molar-refractivity contribution in [3.8, 4) is 11.5 Å². The van der Waals surface area contributed by atoms with Gasteiger partial charge in [0.2, 0.25) is 0 Å². The average molecular weight is 553 g/mol. The van der Waals surface area contributed by atoms with E-state index in [2.05, 4.69) is 40.3 Å². The molecule has 2 aromatic carbocycles. The standard InChI is InChI=1S/C25H35N3O3.HI/c1-20-10-11-23(29-4)22(18-20)25(12-15-30-16-13-25)19-27-24(26-2)28(3)14-17-31-21-8-6-5-7-9-21;/h5-11,18H,12-17,19H2,1-4H3,(H,26,27);1H. The molecule has 1 N–H and O–H groups in total. The van der Waals surface area contributed by atoms with Gasteiger partial charge in [0.1, 0.15) is 18.1 Å². The number of hydrogen-bond donors (Lipinski definition) is 1. The molecule has 32 heavy (non-hydrogen) atoms. The predicted molar refractivity (Wildman–Crippen MR) is 141 cm³/mol. The normalized spacial score (nSPS) is 15.4. The van der Waals surface area contributed by atoms with Gasteiger partial charge in [0.15, 0.2) is 5.96 Å². The smallest absolute Gasteiger partial charge is 0.193 e. The third kappa shape index (κ3) is 6.75. The first kappa shape index (κ1) is 26.3. The lowest BCUT2D eigenvalue weighted by Gasteiger charge is -2.39. The fraction of sp³-hybridized carbons (Fsp3) is 0.480. The van der Waals surface area contributed by atoms with Crippen LogP contribution in [0.4, 0.5) is 0 Å². The largest absolute Gasteiger partial charge is 0.496 e. The highest BCUT2D eigenvalue weighted by molar-refractivity contribution is 14.0. The van der Waals surface area contributed by atoms with E-state index >= 15 is 0 Å². The number of benzene rings is 2. The van der Waals surface area contributed by atoms with E-state index in [1.54, 1.807) is 7.11 Å². The summed E-state index contributed by atoms with van der Waals surface area (Å²) in [4.78, 5) is 6.60. The molecule has 1 aliphatic rings. The topological polar surface area (TPSA) is 55.3 Å². The molecule has 0 aromatic heterocycles. The molecule has 0 bridgehead atoms. The number of nitrogens with zero attached hydrogens (tertiary/aromatic N) is 2. The highest BCUT2D eigenvalue weighted by Gasteiger charge is 2.37. The third-order valence-corrected chi connectivity index (χ3v) is 5.97. The molecule has 0 radical (unpaired) electrons. The van der Waals surface area contributed by atoms with E-state index in [9.17, 15) is 0 Å². The monoisotopic (exact) mass is 553 g/mol. The van der Waals surface area contributed by atoms with Crippen molar-refractivity contribution in [2.75, 3.05) is 54.1 Å². The first-order chi connectivity index (χ1) is 15.1. The van der Waals surface area contributed by atoms with E-state index in [-0.39, 0.29) is 29.4 Å². The van der Waals surface area contributed by atoms with E-state index in [0.29, 0.717) is 6.61 Å². The molecule has 6 nitrogen and oxygen atoms in total. The van der Waals surface area contributed by atoms with E-state index in [1.807, 2.05) is 44.4 Å². The van der Waals surface area contributed by atoms with E-state index < -0.39 is 0 Å². The van der Waals surface area contributed by atoms with Crippen LogP contribution in [0.2, 0.25) is 0 Å². The molecule has 176 valence electrons. The number of guanidine groups is 1. The van der Waals surface area contributed by atoms with Crippen LogP contribution in [0.3, 0.4) is 0 Å². The van der Waals surface area contributed by atoms with Gasteiger partial charge in [-0.1, -0.05) is 35.9 Å². The lowest BCUT2D eigenvalue weighted by Crippen LogP contribution is -2.49. The number of likely N-dealkylation sites (N-methyl/N-ethyl adjacent to an activating group) is 1. The number of nitrogens with one attached hydrogen (secondary N) is 1. The number of aliphatic imine (C=N–C) groups is 1. The van der Waals surface area contributed by atoms with Gasteiger partial charge in [0.25, 0.3) is 0 Å². The van der Waals surface area contributed by atoms with Crippen LogP contribution in [0.5, 0.6) is 11.5 Å². The molecule has 7 heteroatoms. The minimum Gasteiger partial charge on any atom is -0.496 e. The molecule has 0 saturated carbocycles. The van der Waals surface area contributed by atoms with Gasteiger partial charge in [-0.05, 0) is 38.0 Å². The zero-order chi connectivity index (χ0) is 22.1. The molecule has 0 aliphatic carbocycles. The van der Waals surface area contributed by atoms with Crippen molar-refractivity contribution >= 4 is 29.9 Å². The maximum Gasteiger partial charge on any atom is 0.193 e. The van der Waals surface area contributed by atoms with Crippen LogP contribution in [0.25, 0.3) is 0 Å². The minimum atomic E-state index is -0.0626. The molecule has 2 aromatic rings. The summed E-state index contributed by atoms with van der Waals surface area (Å²) in [5.74, 6) is 2.68. The highest BCUT2D eigenvalue weighted by Crippen LogP contribution is 2.40. The van der Waals surface area contributed by atoms with Crippen molar-refractivity contribution in [3.05, 3.63) is 59.7 Å². The van der Waals surface area contributed by atoms with Gasteiger partial charge < -0.3 is 24.4 Å². The summed E-state index contributed by atoms with van der Waals surface area (Å²) in [7, 11) is 5.60. The quantitative estimate of drug-likeness (QED) is 0.301. The molecule has 0 spiro atoms. The van der Waals surface area contributed by atoms with Gasteiger partial charge in [-0.15, -0.1) is 24.0 Å². The average Bonchev–Trinajstić information content (AvgIpc) is 2.81. The molecule has 1 aliphatic heterocycles. The Morgan fingerprint density at radius 3 is 2.53 bits per heavy atom. The lowest BCUT2D eigenvalue weighted by atomic mass is 9.73. The Morgan fingerprint density at radius 2 is 1.88 bits per heavy atom. The Bertz CT molecular complexity index is 855. The number of methoxy groups -OCH3 is 1. The summed E-state index contributed by atoms with van der Waals surface area (Å²) in [6, 6.07) is 16.3. The van der Waals surface area contributed by atoms with Crippen molar-refractivity contribution in [1.82, 2.24) is 10.2 Å². The van der Waals surface area contributed by atoms with Crippen molar-refractivity contribution < 1.29 is 14.2 Å². The SMILES string of the molecule is CN=C(NCC1(c2cc(C)ccc2OC)CCOCC1)N(C)CCOc1ccccc1.I. The predicted octanol–water partition coefficient (Wildman–Crippen LogP) is 4.26. The summed E-state index contributed by atoms with van der Waals surface area (Å²) in [6.45, 7) is 5.72. The number of ether oxygens (including phenoxy) is 3. The summed E-state index contributed by atoms with van der Waals surface area (Å²) < 4.78 is 17.3. The van der Waals surface area contributed by atoms with Gasteiger partial charge >= 0.3 is 0 Å². The van der Waals surface area contributed by atoms with Gasteiger partial charge in [0.05, 0.1) is 13.7 Å². The van der Waals surface area contributed by atoms with Crippen LogP contribution in [-0.2, 0) is 10.2 Å². The Kier molecular flexibility index (Phi) is 10.6. The fourth-order valence-corrected chi connectivity index (χ4v) is 4.10. The Morgan fingerprint density at radius 1 is 1.16 bits per heavy atom. The molecular weight excluding hydrogens is 517 g/mol. The van der Waals surface area contributed by atoms with Crippen LogP contribution in [0.1, 0.15) is 24.0 Å². The molecule has 1 fully saturated rings. The molecule has 0 amide bonds. The van der Waals surface area contributed by atoms with Gasteiger partial charge in [0, 0.05) is 44.8 Å². The molecule has 0 unspecified atom stereocenters. The zero-order valence-electron chi connectivity index (χ0n) is 19.6. The number of rotatable bonds is 8. The van der Waals surface area contributed by atoms with Crippen LogP contribution >= 0.6 is 24.0 Å². The second-order valence-electron chi connectivity index (χ2n) is 8.08. The Hall–Kier alpha value is -2.00. The van der Waals surface area contributed by atoms with E-state index in [1.165, 1.54) is 11.1 Å². The van der Waals surface area contributed by atoms with Gasteiger partial charge in [-0.3, -0.25) is 4.99 Å². The van der Waals surface area contributed by atoms with Crippen molar-refractivity contribution in [2.24, 2.45) is 4.99 Å². The first-order valence-electron chi connectivity index (χ1n) is 10.9.